The standard InChI is InChI=1S/C15H21N3O/c16-13-6-4-12(5-7-13)15(19)18-10-2-9-17-8-1-3-14(17)11-18/h4-7,14H,1-3,8-11,16H2. The van der Waals surface area contributed by atoms with Gasteiger partial charge >= 0.3 is 0 Å². The number of hydrogen-bond donors (Lipinski definition) is 1. The van der Waals surface area contributed by atoms with E-state index in [2.05, 4.69) is 4.90 Å². The van der Waals surface area contributed by atoms with Gasteiger partial charge in [-0.25, -0.2) is 0 Å². The van der Waals surface area contributed by atoms with Gasteiger partial charge in [0.1, 0.15) is 0 Å². The van der Waals surface area contributed by atoms with Crippen LogP contribution < -0.4 is 5.73 Å². The quantitative estimate of drug-likeness (QED) is 0.779. The summed E-state index contributed by atoms with van der Waals surface area (Å²) in [4.78, 5) is 17.1. The minimum Gasteiger partial charge on any atom is -0.399 e. The Balaban J connectivity index is 1.73. The summed E-state index contributed by atoms with van der Waals surface area (Å²) >= 11 is 0. The van der Waals surface area contributed by atoms with Crippen molar-refractivity contribution in [2.75, 3.05) is 31.9 Å². The first kappa shape index (κ1) is 12.5. The fraction of sp³-hybridized carbons (Fsp3) is 0.533. The molecule has 1 aromatic rings. The first-order valence-electron chi connectivity index (χ1n) is 7.13. The maximum absolute atomic E-state index is 12.5. The number of nitrogens with two attached hydrogens (primary N) is 1. The minimum atomic E-state index is 0.147. The molecule has 19 heavy (non-hydrogen) atoms. The predicted octanol–water partition coefficient (Wildman–Crippen LogP) is 1.58. The van der Waals surface area contributed by atoms with Crippen molar-refractivity contribution in [3.8, 4) is 0 Å². The fourth-order valence-corrected chi connectivity index (χ4v) is 3.20. The lowest BCUT2D eigenvalue weighted by atomic mass is 10.1. The number of nitrogens with zero attached hydrogens (tertiary/aromatic N) is 2. The van der Waals surface area contributed by atoms with Crippen LogP contribution in [0.1, 0.15) is 29.6 Å². The molecule has 1 unspecified atom stereocenters. The largest absolute Gasteiger partial charge is 0.399 e. The number of carbonyl (C=O) groups excluding carboxylic acids is 1. The smallest absolute Gasteiger partial charge is 0.253 e. The van der Waals surface area contributed by atoms with Crippen LogP contribution in [0.5, 0.6) is 0 Å². The third-order valence-electron chi connectivity index (χ3n) is 4.25. The summed E-state index contributed by atoms with van der Waals surface area (Å²) in [6.07, 6.45) is 3.58. The van der Waals surface area contributed by atoms with Gasteiger partial charge in [0.05, 0.1) is 0 Å². The topological polar surface area (TPSA) is 49.6 Å². The normalized spacial score (nSPS) is 24.0. The molecule has 3 rings (SSSR count). The molecule has 2 aliphatic heterocycles. The number of fused-ring (bicyclic) bond motifs is 1. The first-order valence-corrected chi connectivity index (χ1v) is 7.13. The summed E-state index contributed by atoms with van der Waals surface area (Å²) in [7, 11) is 0. The highest BCUT2D eigenvalue weighted by Crippen LogP contribution is 2.22. The molecular weight excluding hydrogens is 238 g/mol. The van der Waals surface area contributed by atoms with E-state index in [1.807, 2.05) is 17.0 Å². The summed E-state index contributed by atoms with van der Waals surface area (Å²) in [6, 6.07) is 7.82. The van der Waals surface area contributed by atoms with Gasteiger partial charge in [0.25, 0.3) is 5.91 Å². The molecule has 2 N–H and O–H groups in total. The van der Waals surface area contributed by atoms with E-state index in [1.165, 1.54) is 19.4 Å². The van der Waals surface area contributed by atoms with Crippen LogP contribution >= 0.6 is 0 Å². The number of benzene rings is 1. The third-order valence-corrected chi connectivity index (χ3v) is 4.25. The summed E-state index contributed by atoms with van der Waals surface area (Å²) in [6.45, 7) is 4.09. The summed E-state index contributed by atoms with van der Waals surface area (Å²) in [5.41, 5.74) is 7.12. The van der Waals surface area contributed by atoms with Crippen molar-refractivity contribution in [1.29, 1.82) is 0 Å². The molecule has 0 aliphatic carbocycles. The van der Waals surface area contributed by atoms with Gasteiger partial charge in [-0.2, -0.15) is 0 Å². The number of carbonyl (C=O) groups is 1. The fourth-order valence-electron chi connectivity index (χ4n) is 3.20. The van der Waals surface area contributed by atoms with Crippen LogP contribution in [0.3, 0.4) is 0 Å². The highest BCUT2D eigenvalue weighted by atomic mass is 16.2. The second-order valence-electron chi connectivity index (χ2n) is 5.56. The van der Waals surface area contributed by atoms with Gasteiger partial charge in [-0.3, -0.25) is 9.69 Å². The molecular formula is C15H21N3O. The van der Waals surface area contributed by atoms with Crippen LogP contribution in [-0.2, 0) is 0 Å². The van der Waals surface area contributed by atoms with Crippen molar-refractivity contribution in [3.05, 3.63) is 29.8 Å². The Morgan fingerprint density at radius 3 is 2.63 bits per heavy atom. The molecule has 1 atom stereocenters. The Labute approximate surface area is 114 Å². The van der Waals surface area contributed by atoms with E-state index in [-0.39, 0.29) is 5.91 Å². The van der Waals surface area contributed by atoms with E-state index in [0.29, 0.717) is 11.7 Å². The number of rotatable bonds is 1. The lowest BCUT2D eigenvalue weighted by Gasteiger charge is -2.25. The Morgan fingerprint density at radius 2 is 1.84 bits per heavy atom. The number of hydrogen-bond acceptors (Lipinski definition) is 3. The molecule has 1 amide bonds. The van der Waals surface area contributed by atoms with E-state index < -0.39 is 0 Å². The van der Waals surface area contributed by atoms with Gasteiger partial charge in [-0.05, 0) is 50.1 Å². The molecule has 0 radical (unpaired) electrons. The molecule has 0 aromatic heterocycles. The van der Waals surface area contributed by atoms with Gasteiger partial charge in [0.15, 0.2) is 0 Å². The highest BCUT2D eigenvalue weighted by Gasteiger charge is 2.30. The van der Waals surface area contributed by atoms with Gasteiger partial charge in [0, 0.05) is 36.9 Å². The van der Waals surface area contributed by atoms with Crippen molar-refractivity contribution >= 4 is 11.6 Å². The van der Waals surface area contributed by atoms with Gasteiger partial charge < -0.3 is 10.6 Å². The summed E-state index contributed by atoms with van der Waals surface area (Å²) in [5, 5.41) is 0. The zero-order chi connectivity index (χ0) is 13.2. The van der Waals surface area contributed by atoms with E-state index in [9.17, 15) is 4.79 Å². The Bertz CT molecular complexity index is 457. The second kappa shape index (κ2) is 5.21. The number of nitrogen functional groups attached to an aromatic ring is 1. The Morgan fingerprint density at radius 1 is 1.11 bits per heavy atom. The van der Waals surface area contributed by atoms with Crippen molar-refractivity contribution < 1.29 is 4.79 Å². The van der Waals surface area contributed by atoms with Crippen LogP contribution in [0.25, 0.3) is 0 Å². The van der Waals surface area contributed by atoms with Crippen LogP contribution in [0.4, 0.5) is 5.69 Å². The molecule has 0 bridgehead atoms. The SMILES string of the molecule is Nc1ccc(C(=O)N2CCCN3CCCC3C2)cc1. The molecule has 4 nitrogen and oxygen atoms in total. The van der Waals surface area contributed by atoms with E-state index in [1.54, 1.807) is 12.1 Å². The highest BCUT2D eigenvalue weighted by molar-refractivity contribution is 5.94. The van der Waals surface area contributed by atoms with Crippen molar-refractivity contribution in [2.24, 2.45) is 0 Å². The molecule has 0 spiro atoms. The maximum atomic E-state index is 12.5. The van der Waals surface area contributed by atoms with Crippen LogP contribution in [0.2, 0.25) is 0 Å². The summed E-state index contributed by atoms with van der Waals surface area (Å²) < 4.78 is 0. The molecule has 2 fully saturated rings. The van der Waals surface area contributed by atoms with E-state index in [4.69, 9.17) is 5.73 Å². The zero-order valence-corrected chi connectivity index (χ0v) is 11.2. The zero-order valence-electron chi connectivity index (χ0n) is 11.2. The summed E-state index contributed by atoms with van der Waals surface area (Å²) in [5.74, 6) is 0.147. The van der Waals surface area contributed by atoms with Gasteiger partial charge in [0.2, 0.25) is 0 Å². The molecule has 2 saturated heterocycles. The van der Waals surface area contributed by atoms with Crippen molar-refractivity contribution in [1.82, 2.24) is 9.80 Å². The van der Waals surface area contributed by atoms with Crippen LogP contribution in [-0.4, -0.2) is 47.9 Å². The van der Waals surface area contributed by atoms with Crippen LogP contribution in [0.15, 0.2) is 24.3 Å². The molecule has 4 heteroatoms. The van der Waals surface area contributed by atoms with Gasteiger partial charge in [-0.15, -0.1) is 0 Å². The Kier molecular flexibility index (Phi) is 3.42. The predicted molar refractivity (Wildman–Crippen MR) is 76.0 cm³/mol. The first-order chi connectivity index (χ1) is 9.24. The van der Waals surface area contributed by atoms with Gasteiger partial charge in [-0.1, -0.05) is 0 Å². The molecule has 1 aromatic carbocycles. The van der Waals surface area contributed by atoms with Crippen molar-refractivity contribution in [2.45, 2.75) is 25.3 Å². The molecule has 2 heterocycles. The Hall–Kier alpha value is -1.55. The van der Waals surface area contributed by atoms with Crippen LogP contribution in [0, 0.1) is 0 Å². The minimum absolute atomic E-state index is 0.147. The van der Waals surface area contributed by atoms with E-state index >= 15 is 0 Å². The number of anilines is 1. The monoisotopic (exact) mass is 259 g/mol. The average molecular weight is 259 g/mol. The van der Waals surface area contributed by atoms with Crippen molar-refractivity contribution in [3.63, 3.8) is 0 Å². The third kappa shape index (κ3) is 2.59. The number of amides is 1. The lowest BCUT2D eigenvalue weighted by molar-refractivity contribution is 0.0743. The molecule has 2 aliphatic rings. The maximum Gasteiger partial charge on any atom is 0.253 e. The molecule has 0 saturated carbocycles. The lowest BCUT2D eigenvalue weighted by Crippen LogP contribution is -2.39. The average Bonchev–Trinajstić information content (AvgIpc) is 2.76. The van der Waals surface area contributed by atoms with E-state index in [0.717, 1.165) is 31.6 Å². The molecule has 102 valence electrons. The second-order valence-corrected chi connectivity index (χ2v) is 5.56.